The third-order valence-electron chi connectivity index (χ3n) is 6.16. The van der Waals surface area contributed by atoms with Gasteiger partial charge in [0.2, 0.25) is 0 Å². The maximum Gasteiger partial charge on any atom is 0.119 e. The highest BCUT2D eigenvalue weighted by molar-refractivity contribution is 5.56. The highest BCUT2D eigenvalue weighted by atomic mass is 16.5. The van der Waals surface area contributed by atoms with E-state index < -0.39 is 0 Å². The molecule has 3 fully saturated rings. The van der Waals surface area contributed by atoms with E-state index in [1.807, 2.05) is 19.1 Å². The van der Waals surface area contributed by atoms with Gasteiger partial charge in [0.05, 0.1) is 12.6 Å². The summed E-state index contributed by atoms with van der Waals surface area (Å²) in [6, 6.07) is 17.5. The second-order valence-corrected chi connectivity index (χ2v) is 8.65. The van der Waals surface area contributed by atoms with Crippen molar-refractivity contribution in [3.63, 3.8) is 0 Å². The maximum absolute atomic E-state index is 5.89. The van der Waals surface area contributed by atoms with Crippen LogP contribution in [0, 0.1) is 11.3 Å². The van der Waals surface area contributed by atoms with Crippen LogP contribution in [0.5, 0.6) is 5.75 Å². The summed E-state index contributed by atoms with van der Waals surface area (Å²) in [4.78, 5) is 5.18. The van der Waals surface area contributed by atoms with E-state index in [1.165, 1.54) is 17.8 Å². The third kappa shape index (κ3) is 3.58. The molecule has 2 bridgehead atoms. The Labute approximate surface area is 162 Å². The molecule has 2 aromatic carbocycles. The average molecular weight is 366 g/mol. The van der Waals surface area contributed by atoms with E-state index in [0.29, 0.717) is 18.6 Å². The first kappa shape index (κ1) is 18.0. The molecule has 27 heavy (non-hydrogen) atoms. The lowest BCUT2D eigenvalue weighted by molar-refractivity contribution is 0.192. The second kappa shape index (κ2) is 6.99. The SMILES string of the molecule is CCOc1ccc(N2CC3CN(c4ccc(N)cc4)CC2C(C)(C)C3)cc1. The Morgan fingerprint density at radius 1 is 0.963 bits per heavy atom. The largest absolute Gasteiger partial charge is 0.494 e. The summed E-state index contributed by atoms with van der Waals surface area (Å²) in [6.45, 7) is 10.9. The van der Waals surface area contributed by atoms with Crippen molar-refractivity contribution in [2.24, 2.45) is 11.3 Å². The fraction of sp³-hybridized carbons (Fsp3) is 0.478. The van der Waals surface area contributed by atoms with Crippen LogP contribution in [0.15, 0.2) is 48.5 Å². The van der Waals surface area contributed by atoms with Gasteiger partial charge in [0.1, 0.15) is 5.75 Å². The molecular formula is C23H31N3O. The first-order valence-electron chi connectivity index (χ1n) is 10.1. The minimum absolute atomic E-state index is 0.282. The molecule has 0 spiro atoms. The monoisotopic (exact) mass is 365 g/mol. The van der Waals surface area contributed by atoms with Gasteiger partial charge in [-0.25, -0.2) is 0 Å². The summed E-state index contributed by atoms with van der Waals surface area (Å²) < 4.78 is 5.62. The van der Waals surface area contributed by atoms with Crippen LogP contribution in [0.3, 0.4) is 0 Å². The van der Waals surface area contributed by atoms with Gasteiger partial charge >= 0.3 is 0 Å². The van der Waals surface area contributed by atoms with Crippen LogP contribution in [0.4, 0.5) is 17.1 Å². The van der Waals surface area contributed by atoms with E-state index in [1.54, 1.807) is 0 Å². The van der Waals surface area contributed by atoms with E-state index in [-0.39, 0.29) is 5.41 Å². The fourth-order valence-electron chi connectivity index (χ4n) is 4.92. The van der Waals surface area contributed by atoms with Crippen LogP contribution in [-0.2, 0) is 0 Å². The van der Waals surface area contributed by atoms with E-state index in [4.69, 9.17) is 10.5 Å². The lowest BCUT2D eigenvalue weighted by Crippen LogP contribution is -2.53. The molecule has 0 amide bonds. The van der Waals surface area contributed by atoms with Crippen molar-refractivity contribution in [2.45, 2.75) is 33.2 Å². The fourth-order valence-corrected chi connectivity index (χ4v) is 4.92. The zero-order valence-electron chi connectivity index (χ0n) is 16.7. The normalized spacial score (nSPS) is 24.0. The zero-order chi connectivity index (χ0) is 19.0. The quantitative estimate of drug-likeness (QED) is 0.815. The molecule has 3 heterocycles. The molecule has 4 nitrogen and oxygen atoms in total. The molecular weight excluding hydrogens is 334 g/mol. The van der Waals surface area contributed by atoms with Gasteiger partial charge in [-0.05, 0) is 73.2 Å². The minimum atomic E-state index is 0.282. The topological polar surface area (TPSA) is 41.7 Å². The van der Waals surface area contributed by atoms with Crippen molar-refractivity contribution in [2.75, 3.05) is 41.8 Å². The summed E-state index contributed by atoms with van der Waals surface area (Å²) in [6.07, 6.45) is 1.27. The molecule has 144 valence electrons. The number of ether oxygens (including phenoxy) is 1. The number of nitrogens with two attached hydrogens (primary N) is 1. The van der Waals surface area contributed by atoms with Crippen molar-refractivity contribution in [1.29, 1.82) is 0 Å². The summed E-state index contributed by atoms with van der Waals surface area (Å²) in [7, 11) is 0. The van der Waals surface area contributed by atoms with Crippen LogP contribution in [0.25, 0.3) is 0 Å². The molecule has 0 aromatic heterocycles. The highest BCUT2D eigenvalue weighted by Gasteiger charge is 2.45. The summed E-state index contributed by atoms with van der Waals surface area (Å²) >= 11 is 0. The Hall–Kier alpha value is -2.36. The summed E-state index contributed by atoms with van der Waals surface area (Å²) in [5.41, 5.74) is 9.59. The van der Waals surface area contributed by atoms with Crippen molar-refractivity contribution >= 4 is 17.1 Å². The smallest absolute Gasteiger partial charge is 0.119 e. The summed E-state index contributed by atoms with van der Waals surface area (Å²) in [5, 5.41) is 0. The number of hydrogen-bond acceptors (Lipinski definition) is 4. The lowest BCUT2D eigenvalue weighted by atomic mass is 9.73. The Balaban J connectivity index is 1.62. The van der Waals surface area contributed by atoms with Gasteiger partial charge < -0.3 is 20.3 Å². The van der Waals surface area contributed by atoms with Crippen LogP contribution in [-0.4, -0.2) is 32.3 Å². The van der Waals surface area contributed by atoms with Crippen molar-refractivity contribution in [3.8, 4) is 5.75 Å². The Kier molecular flexibility index (Phi) is 4.67. The molecule has 0 aliphatic carbocycles. The van der Waals surface area contributed by atoms with E-state index in [9.17, 15) is 0 Å². The van der Waals surface area contributed by atoms with Gasteiger partial charge in [0.25, 0.3) is 0 Å². The average Bonchev–Trinajstić information content (AvgIpc) is 2.90. The highest BCUT2D eigenvalue weighted by Crippen LogP contribution is 2.44. The number of piperidine rings is 1. The molecule has 5 rings (SSSR count). The van der Waals surface area contributed by atoms with Crippen LogP contribution in [0.2, 0.25) is 0 Å². The second-order valence-electron chi connectivity index (χ2n) is 8.65. The predicted octanol–water partition coefficient (Wildman–Crippen LogP) is 4.41. The van der Waals surface area contributed by atoms with Gasteiger partial charge in [-0.2, -0.15) is 0 Å². The maximum atomic E-state index is 5.89. The Morgan fingerprint density at radius 3 is 2.30 bits per heavy atom. The number of nitrogen functional groups attached to an aromatic ring is 1. The van der Waals surface area contributed by atoms with Gasteiger partial charge in [-0.15, -0.1) is 0 Å². The standard InChI is InChI=1S/C23H31N3O/c1-4-27-21-11-9-20(10-12-21)26-15-17-13-23(2,3)22(26)16-25(14-17)19-7-5-18(24)6-8-19/h5-12,17,22H,4,13-16,24H2,1-3H3. The van der Waals surface area contributed by atoms with Crippen molar-refractivity contribution in [1.82, 2.24) is 0 Å². The Morgan fingerprint density at radius 2 is 1.63 bits per heavy atom. The molecule has 2 unspecified atom stereocenters. The molecule has 3 saturated heterocycles. The third-order valence-corrected chi connectivity index (χ3v) is 6.16. The molecule has 2 aromatic rings. The molecule has 0 radical (unpaired) electrons. The predicted molar refractivity (Wildman–Crippen MR) is 114 cm³/mol. The van der Waals surface area contributed by atoms with E-state index in [0.717, 1.165) is 31.1 Å². The van der Waals surface area contributed by atoms with E-state index >= 15 is 0 Å². The lowest BCUT2D eigenvalue weighted by Gasteiger charge is -2.48. The number of anilines is 3. The molecule has 0 saturated carbocycles. The molecule has 2 N–H and O–H groups in total. The zero-order valence-corrected chi connectivity index (χ0v) is 16.7. The number of nitrogens with zero attached hydrogens (tertiary/aromatic N) is 2. The van der Waals surface area contributed by atoms with E-state index in [2.05, 4.69) is 60.0 Å². The molecule has 3 aliphatic rings. The number of rotatable bonds is 4. The van der Waals surface area contributed by atoms with Crippen molar-refractivity contribution in [3.05, 3.63) is 48.5 Å². The first-order chi connectivity index (χ1) is 13.0. The van der Waals surface area contributed by atoms with Crippen molar-refractivity contribution < 1.29 is 4.74 Å². The van der Waals surface area contributed by atoms with Crippen LogP contribution in [0.1, 0.15) is 27.2 Å². The van der Waals surface area contributed by atoms with Gasteiger partial charge in [0.15, 0.2) is 0 Å². The first-order valence-corrected chi connectivity index (χ1v) is 10.1. The van der Waals surface area contributed by atoms with Crippen LogP contribution >= 0.6 is 0 Å². The van der Waals surface area contributed by atoms with Gasteiger partial charge in [-0.3, -0.25) is 0 Å². The molecule has 4 heteroatoms. The van der Waals surface area contributed by atoms with Gasteiger partial charge in [0, 0.05) is 36.7 Å². The summed E-state index contributed by atoms with van der Waals surface area (Å²) in [5.74, 6) is 1.60. The minimum Gasteiger partial charge on any atom is -0.494 e. The molecule has 2 atom stereocenters. The van der Waals surface area contributed by atoms with Gasteiger partial charge in [-0.1, -0.05) is 13.8 Å². The number of fused-ring (bicyclic) bond motifs is 4. The molecule has 3 aliphatic heterocycles. The number of benzene rings is 2. The van der Waals surface area contributed by atoms with Crippen LogP contribution < -0.4 is 20.3 Å². The Bertz CT molecular complexity index is 769. The number of hydrogen-bond donors (Lipinski definition) is 1.